The van der Waals surface area contributed by atoms with E-state index in [0.717, 1.165) is 15.8 Å². The Balaban J connectivity index is 1.84. The molecular weight excluding hydrogens is 399 g/mol. The molecule has 3 aromatic rings. The third-order valence-corrected chi connectivity index (χ3v) is 6.17. The Bertz CT molecular complexity index is 1120. The standard InChI is InChI=1S/C21H20F3N3OS/c1-11-4-7-15-16(8-11)29-19(26-15)12-5-6-14(22)13(9-12)18-21(23,24)20(2,3)28-10-17(25)27-18/h4-9,18H,10H2,1-3H3,(H2,25,27). The Kier molecular flexibility index (Phi) is 4.66. The van der Waals surface area contributed by atoms with Gasteiger partial charge in [-0.3, -0.25) is 4.99 Å². The number of halogens is 3. The second kappa shape index (κ2) is 6.81. The van der Waals surface area contributed by atoms with Gasteiger partial charge in [-0.2, -0.15) is 0 Å². The normalized spacial score (nSPS) is 21.0. The maximum absolute atomic E-state index is 15.2. The van der Waals surface area contributed by atoms with Gasteiger partial charge in [-0.05, 0) is 56.7 Å². The fourth-order valence-electron chi connectivity index (χ4n) is 3.27. The highest BCUT2D eigenvalue weighted by molar-refractivity contribution is 7.21. The molecule has 1 atom stereocenters. The molecule has 0 radical (unpaired) electrons. The van der Waals surface area contributed by atoms with E-state index < -0.39 is 23.4 Å². The number of rotatable bonds is 2. The molecule has 0 spiro atoms. The fourth-order valence-corrected chi connectivity index (χ4v) is 4.33. The summed E-state index contributed by atoms with van der Waals surface area (Å²) < 4.78 is 51.3. The van der Waals surface area contributed by atoms with Gasteiger partial charge in [0.1, 0.15) is 34.9 Å². The molecule has 1 aromatic heterocycles. The Morgan fingerprint density at radius 2 is 1.93 bits per heavy atom. The van der Waals surface area contributed by atoms with Crippen LogP contribution in [0.2, 0.25) is 0 Å². The summed E-state index contributed by atoms with van der Waals surface area (Å²) in [4.78, 5) is 8.47. The van der Waals surface area contributed by atoms with Crippen LogP contribution in [-0.4, -0.2) is 29.0 Å². The van der Waals surface area contributed by atoms with Gasteiger partial charge in [0.2, 0.25) is 0 Å². The zero-order chi connectivity index (χ0) is 21.0. The van der Waals surface area contributed by atoms with Gasteiger partial charge < -0.3 is 10.5 Å². The van der Waals surface area contributed by atoms with Crippen molar-refractivity contribution in [3.8, 4) is 10.6 Å². The van der Waals surface area contributed by atoms with Crippen molar-refractivity contribution >= 4 is 27.4 Å². The lowest BCUT2D eigenvalue weighted by atomic mass is 9.88. The first-order valence-corrected chi connectivity index (χ1v) is 9.91. The third-order valence-electron chi connectivity index (χ3n) is 5.10. The number of hydrogen-bond donors (Lipinski definition) is 1. The van der Waals surface area contributed by atoms with E-state index in [1.807, 2.05) is 25.1 Å². The number of alkyl halides is 2. The lowest BCUT2D eigenvalue weighted by Gasteiger charge is -2.35. The average molecular weight is 419 g/mol. The van der Waals surface area contributed by atoms with E-state index in [0.29, 0.717) is 10.6 Å². The van der Waals surface area contributed by atoms with Crippen molar-refractivity contribution in [3.05, 3.63) is 53.3 Å². The summed E-state index contributed by atoms with van der Waals surface area (Å²) >= 11 is 1.42. The van der Waals surface area contributed by atoms with Crippen LogP contribution in [-0.2, 0) is 4.74 Å². The second-order valence-corrected chi connectivity index (χ2v) is 8.70. The number of nitrogens with zero attached hydrogens (tertiary/aromatic N) is 2. The molecule has 0 bridgehead atoms. The van der Waals surface area contributed by atoms with E-state index in [1.54, 1.807) is 0 Å². The molecule has 1 aliphatic rings. The van der Waals surface area contributed by atoms with Gasteiger partial charge in [0.05, 0.1) is 10.2 Å². The number of aromatic nitrogens is 1. The van der Waals surface area contributed by atoms with E-state index in [4.69, 9.17) is 10.5 Å². The molecule has 4 rings (SSSR count). The van der Waals surface area contributed by atoms with E-state index in [-0.39, 0.29) is 18.0 Å². The monoisotopic (exact) mass is 419 g/mol. The predicted octanol–water partition coefficient (Wildman–Crippen LogP) is 5.25. The molecule has 4 nitrogen and oxygen atoms in total. The molecule has 29 heavy (non-hydrogen) atoms. The zero-order valence-corrected chi connectivity index (χ0v) is 17.0. The summed E-state index contributed by atoms with van der Waals surface area (Å²) in [6.07, 6.45) is 0. The van der Waals surface area contributed by atoms with Gasteiger partial charge in [0, 0.05) is 11.1 Å². The van der Waals surface area contributed by atoms with Crippen molar-refractivity contribution < 1.29 is 17.9 Å². The Hall–Kier alpha value is -2.45. The van der Waals surface area contributed by atoms with Gasteiger partial charge in [-0.25, -0.2) is 18.2 Å². The molecule has 1 aliphatic heterocycles. The van der Waals surface area contributed by atoms with Crippen LogP contribution in [0.1, 0.15) is 31.0 Å². The maximum Gasteiger partial charge on any atom is 0.301 e. The molecule has 0 amide bonds. The molecular formula is C21H20F3N3OS. The largest absolute Gasteiger partial charge is 0.386 e. The molecule has 2 N–H and O–H groups in total. The maximum atomic E-state index is 15.2. The molecule has 2 aromatic carbocycles. The van der Waals surface area contributed by atoms with Crippen LogP contribution in [0.4, 0.5) is 13.2 Å². The molecule has 8 heteroatoms. The van der Waals surface area contributed by atoms with Crippen LogP contribution in [0, 0.1) is 12.7 Å². The highest BCUT2D eigenvalue weighted by atomic mass is 32.1. The average Bonchev–Trinajstić information content (AvgIpc) is 3.05. The summed E-state index contributed by atoms with van der Waals surface area (Å²) in [7, 11) is 0. The van der Waals surface area contributed by atoms with Gasteiger partial charge in [0.25, 0.3) is 0 Å². The smallest absolute Gasteiger partial charge is 0.301 e. The zero-order valence-electron chi connectivity index (χ0n) is 16.2. The number of nitrogens with two attached hydrogens (primary N) is 1. The number of ether oxygens (including phenoxy) is 1. The molecule has 152 valence electrons. The molecule has 0 aliphatic carbocycles. The van der Waals surface area contributed by atoms with Gasteiger partial charge in [-0.15, -0.1) is 11.3 Å². The van der Waals surface area contributed by atoms with Crippen LogP contribution in [0.15, 0.2) is 41.4 Å². The number of thiazole rings is 1. The van der Waals surface area contributed by atoms with Crippen LogP contribution in [0.25, 0.3) is 20.8 Å². The van der Waals surface area contributed by atoms with Gasteiger partial charge in [0.15, 0.2) is 0 Å². The van der Waals surface area contributed by atoms with Crippen molar-refractivity contribution in [1.82, 2.24) is 4.98 Å². The number of amidine groups is 1. The van der Waals surface area contributed by atoms with Gasteiger partial charge >= 0.3 is 5.92 Å². The van der Waals surface area contributed by atoms with E-state index in [2.05, 4.69) is 9.98 Å². The summed E-state index contributed by atoms with van der Waals surface area (Å²) in [5, 5.41) is 0.622. The van der Waals surface area contributed by atoms with Crippen molar-refractivity contribution in [2.24, 2.45) is 10.7 Å². The molecule has 1 unspecified atom stereocenters. The molecule has 0 fully saturated rings. The van der Waals surface area contributed by atoms with E-state index in [1.165, 1.54) is 43.4 Å². The summed E-state index contributed by atoms with van der Waals surface area (Å²) in [6, 6.07) is 8.15. The first kappa shape index (κ1) is 19.8. The number of fused-ring (bicyclic) bond motifs is 1. The fraction of sp³-hybridized carbons (Fsp3) is 0.333. The third kappa shape index (κ3) is 3.40. The molecule has 0 saturated carbocycles. The topological polar surface area (TPSA) is 60.5 Å². The van der Waals surface area contributed by atoms with Gasteiger partial charge in [-0.1, -0.05) is 6.07 Å². The highest BCUT2D eigenvalue weighted by Gasteiger charge is 2.56. The second-order valence-electron chi connectivity index (χ2n) is 7.67. The highest BCUT2D eigenvalue weighted by Crippen LogP contribution is 2.47. The summed E-state index contributed by atoms with van der Waals surface area (Å²) in [5.74, 6) is -4.34. The van der Waals surface area contributed by atoms with Crippen LogP contribution in [0.5, 0.6) is 0 Å². The number of benzene rings is 2. The van der Waals surface area contributed by atoms with E-state index in [9.17, 15) is 4.39 Å². The first-order chi connectivity index (χ1) is 13.6. The van der Waals surface area contributed by atoms with Crippen molar-refractivity contribution in [3.63, 3.8) is 0 Å². The quantitative estimate of drug-likeness (QED) is 0.617. The Morgan fingerprint density at radius 1 is 1.17 bits per heavy atom. The SMILES string of the molecule is Cc1ccc2nc(-c3ccc(F)c(C4N=C(N)COC(C)(C)C4(F)F)c3)sc2c1. The van der Waals surface area contributed by atoms with Crippen LogP contribution >= 0.6 is 11.3 Å². The lowest BCUT2D eigenvalue weighted by Crippen LogP contribution is -2.48. The predicted molar refractivity (Wildman–Crippen MR) is 109 cm³/mol. The van der Waals surface area contributed by atoms with Crippen LogP contribution < -0.4 is 5.73 Å². The number of aryl methyl sites for hydroxylation is 1. The Morgan fingerprint density at radius 3 is 2.69 bits per heavy atom. The minimum Gasteiger partial charge on any atom is -0.386 e. The summed E-state index contributed by atoms with van der Waals surface area (Å²) in [5.41, 5.74) is 6.08. The number of aliphatic imine (C=N–C) groups is 1. The van der Waals surface area contributed by atoms with Crippen molar-refractivity contribution in [1.29, 1.82) is 0 Å². The lowest BCUT2D eigenvalue weighted by molar-refractivity contribution is -0.191. The summed E-state index contributed by atoms with van der Waals surface area (Å²) in [6.45, 7) is 4.25. The van der Waals surface area contributed by atoms with E-state index >= 15 is 8.78 Å². The van der Waals surface area contributed by atoms with Crippen LogP contribution in [0.3, 0.4) is 0 Å². The first-order valence-electron chi connectivity index (χ1n) is 9.09. The Labute approximate surface area is 170 Å². The molecule has 2 heterocycles. The minimum atomic E-state index is -3.47. The minimum absolute atomic E-state index is 0.0967. The molecule has 0 saturated heterocycles. The van der Waals surface area contributed by atoms with Crippen molar-refractivity contribution in [2.75, 3.05) is 6.61 Å². The van der Waals surface area contributed by atoms with Crippen molar-refractivity contribution in [2.45, 2.75) is 38.3 Å². The number of hydrogen-bond acceptors (Lipinski definition) is 5.